The van der Waals surface area contributed by atoms with Crippen molar-refractivity contribution < 1.29 is 19.7 Å². The van der Waals surface area contributed by atoms with Crippen LogP contribution in [0.2, 0.25) is 0 Å². The Morgan fingerprint density at radius 3 is 2.92 bits per heavy atom. The summed E-state index contributed by atoms with van der Waals surface area (Å²) in [6.45, 7) is 1.95. The fourth-order valence-electron chi connectivity index (χ4n) is 6.26. The number of hydrogen-bond acceptors (Lipinski definition) is 5. The standard InChI is InChI=1S/C20H23NO4/c22-13-4-3-12-9-15-20(24)6-5-14(23)18-19(20,16(12)17(13)25-18)7-8-21(15)10-11-1-2-11/h3-4,11,15,18,22,24H,1-2,5-10H2/t15?,18-,19?,20+/m0/s1. The number of phenolic OH excluding ortho intramolecular Hbond substituents is 1. The van der Waals surface area contributed by atoms with E-state index >= 15 is 0 Å². The highest BCUT2D eigenvalue weighted by atomic mass is 16.5. The molecule has 5 heteroatoms. The predicted molar refractivity (Wildman–Crippen MR) is 89.8 cm³/mol. The SMILES string of the molecule is O=C1CC[C@@]2(O)C3Cc4ccc(O)c5c4C2(CCN3CC2CC2)[C@H]1O5. The third-order valence-electron chi connectivity index (χ3n) is 7.56. The lowest BCUT2D eigenvalue weighted by Gasteiger charge is -2.62. The molecule has 1 aromatic carbocycles. The van der Waals surface area contributed by atoms with Gasteiger partial charge in [-0.2, -0.15) is 0 Å². The lowest BCUT2D eigenvalue weighted by Crippen LogP contribution is -2.76. The number of Topliss-reactive ketones (excluding diaryl/α,β-unsaturated/α-hetero) is 1. The number of ketones is 1. The molecule has 0 amide bonds. The molecule has 1 spiro atoms. The molecule has 132 valence electrons. The molecule has 2 aliphatic heterocycles. The van der Waals surface area contributed by atoms with Gasteiger partial charge < -0.3 is 14.9 Å². The molecule has 5 aliphatic rings. The summed E-state index contributed by atoms with van der Waals surface area (Å²) in [6, 6.07) is 3.69. The van der Waals surface area contributed by atoms with E-state index in [1.165, 1.54) is 12.8 Å². The van der Waals surface area contributed by atoms with Gasteiger partial charge in [0, 0.05) is 24.6 Å². The zero-order valence-corrected chi connectivity index (χ0v) is 14.2. The van der Waals surface area contributed by atoms with Crippen LogP contribution in [0.4, 0.5) is 0 Å². The second kappa shape index (κ2) is 4.38. The topological polar surface area (TPSA) is 70.0 Å². The summed E-state index contributed by atoms with van der Waals surface area (Å²) in [6.07, 6.45) is 4.33. The molecular formula is C20H23NO4. The molecule has 2 unspecified atom stereocenters. The summed E-state index contributed by atoms with van der Waals surface area (Å²) < 4.78 is 6.04. The average molecular weight is 341 g/mol. The molecule has 0 aromatic heterocycles. The number of likely N-dealkylation sites (tertiary alicyclic amines) is 1. The Morgan fingerprint density at radius 2 is 2.12 bits per heavy atom. The van der Waals surface area contributed by atoms with E-state index in [2.05, 4.69) is 4.90 Å². The number of piperidine rings is 1. The molecule has 6 rings (SSSR count). The van der Waals surface area contributed by atoms with Gasteiger partial charge in [-0.15, -0.1) is 0 Å². The Balaban J connectivity index is 1.58. The summed E-state index contributed by atoms with van der Waals surface area (Å²) in [4.78, 5) is 15.2. The van der Waals surface area contributed by atoms with E-state index in [1.807, 2.05) is 6.07 Å². The fraction of sp³-hybridized carbons (Fsp3) is 0.650. The molecule has 5 nitrogen and oxygen atoms in total. The summed E-state index contributed by atoms with van der Waals surface area (Å²) in [5, 5.41) is 22.3. The highest BCUT2D eigenvalue weighted by Gasteiger charge is 2.73. The van der Waals surface area contributed by atoms with Gasteiger partial charge in [0.15, 0.2) is 23.4 Å². The van der Waals surface area contributed by atoms with Crippen LogP contribution < -0.4 is 4.74 Å². The molecule has 2 heterocycles. The van der Waals surface area contributed by atoms with Crippen LogP contribution in [-0.4, -0.2) is 51.7 Å². The third-order valence-corrected chi connectivity index (χ3v) is 7.56. The molecule has 1 aromatic rings. The first-order chi connectivity index (χ1) is 12.0. The largest absolute Gasteiger partial charge is 0.504 e. The van der Waals surface area contributed by atoms with Gasteiger partial charge in [0.1, 0.15) is 0 Å². The van der Waals surface area contributed by atoms with Crippen LogP contribution in [0.25, 0.3) is 0 Å². The molecule has 2 bridgehead atoms. The van der Waals surface area contributed by atoms with Crippen LogP contribution in [0, 0.1) is 5.92 Å². The summed E-state index contributed by atoms with van der Waals surface area (Å²) >= 11 is 0. The summed E-state index contributed by atoms with van der Waals surface area (Å²) in [7, 11) is 0. The number of aliphatic hydroxyl groups is 1. The molecule has 2 N–H and O–H groups in total. The number of nitrogens with zero attached hydrogens (tertiary/aromatic N) is 1. The van der Waals surface area contributed by atoms with E-state index in [0.717, 1.165) is 43.0 Å². The van der Waals surface area contributed by atoms with E-state index in [4.69, 9.17) is 4.74 Å². The molecule has 1 saturated heterocycles. The first-order valence-corrected chi connectivity index (χ1v) is 9.56. The van der Waals surface area contributed by atoms with Crippen LogP contribution in [0.15, 0.2) is 12.1 Å². The Bertz CT molecular complexity index is 803. The maximum absolute atomic E-state index is 12.7. The van der Waals surface area contributed by atoms with Crippen molar-refractivity contribution in [2.45, 2.75) is 61.7 Å². The zero-order valence-electron chi connectivity index (χ0n) is 14.2. The van der Waals surface area contributed by atoms with Crippen molar-refractivity contribution in [2.24, 2.45) is 5.92 Å². The Kier molecular flexibility index (Phi) is 2.55. The summed E-state index contributed by atoms with van der Waals surface area (Å²) in [5.74, 6) is 1.39. The second-order valence-corrected chi connectivity index (χ2v) is 8.72. The van der Waals surface area contributed by atoms with E-state index in [9.17, 15) is 15.0 Å². The molecule has 3 fully saturated rings. The smallest absolute Gasteiger partial charge is 0.174 e. The minimum Gasteiger partial charge on any atom is -0.504 e. The van der Waals surface area contributed by atoms with Gasteiger partial charge >= 0.3 is 0 Å². The molecule has 4 atom stereocenters. The van der Waals surface area contributed by atoms with Gasteiger partial charge in [0.25, 0.3) is 0 Å². The van der Waals surface area contributed by atoms with Crippen molar-refractivity contribution in [3.05, 3.63) is 23.3 Å². The van der Waals surface area contributed by atoms with E-state index in [0.29, 0.717) is 18.6 Å². The number of ether oxygens (including phenoxy) is 1. The molecule has 2 saturated carbocycles. The quantitative estimate of drug-likeness (QED) is 0.854. The zero-order chi connectivity index (χ0) is 17.0. The number of carbonyl (C=O) groups excluding carboxylic acids is 1. The highest BCUT2D eigenvalue weighted by Crippen LogP contribution is 2.64. The van der Waals surface area contributed by atoms with E-state index < -0.39 is 17.1 Å². The van der Waals surface area contributed by atoms with Crippen molar-refractivity contribution in [3.8, 4) is 11.5 Å². The predicted octanol–water partition coefficient (Wildman–Crippen LogP) is 1.53. The van der Waals surface area contributed by atoms with Gasteiger partial charge in [-0.25, -0.2) is 0 Å². The van der Waals surface area contributed by atoms with Crippen molar-refractivity contribution in [1.82, 2.24) is 4.90 Å². The minimum atomic E-state index is -0.940. The highest BCUT2D eigenvalue weighted by molar-refractivity contribution is 5.90. The number of rotatable bonds is 2. The maximum Gasteiger partial charge on any atom is 0.174 e. The fourth-order valence-corrected chi connectivity index (χ4v) is 6.26. The van der Waals surface area contributed by atoms with Crippen LogP contribution >= 0.6 is 0 Å². The second-order valence-electron chi connectivity index (χ2n) is 8.72. The van der Waals surface area contributed by atoms with Crippen LogP contribution in [0.5, 0.6) is 11.5 Å². The minimum absolute atomic E-state index is 0.0454. The van der Waals surface area contributed by atoms with Gasteiger partial charge in [-0.05, 0) is 56.2 Å². The number of hydrogen-bond donors (Lipinski definition) is 2. The molecule has 25 heavy (non-hydrogen) atoms. The van der Waals surface area contributed by atoms with Gasteiger partial charge in [0.05, 0.1) is 11.0 Å². The van der Waals surface area contributed by atoms with E-state index in [-0.39, 0.29) is 17.6 Å². The van der Waals surface area contributed by atoms with Crippen LogP contribution in [-0.2, 0) is 16.6 Å². The number of aromatic hydroxyl groups is 1. The van der Waals surface area contributed by atoms with Crippen molar-refractivity contribution in [2.75, 3.05) is 13.1 Å². The lowest BCUT2D eigenvalue weighted by atomic mass is 9.49. The molecule has 3 aliphatic carbocycles. The monoisotopic (exact) mass is 341 g/mol. The number of benzene rings is 1. The first-order valence-electron chi connectivity index (χ1n) is 9.56. The van der Waals surface area contributed by atoms with Crippen LogP contribution in [0.1, 0.15) is 43.2 Å². The van der Waals surface area contributed by atoms with Gasteiger partial charge in [-0.1, -0.05) is 6.07 Å². The molecular weight excluding hydrogens is 318 g/mol. The lowest BCUT2D eigenvalue weighted by molar-refractivity contribution is -0.188. The van der Waals surface area contributed by atoms with Crippen molar-refractivity contribution >= 4 is 5.78 Å². The van der Waals surface area contributed by atoms with E-state index in [1.54, 1.807) is 6.07 Å². The normalized spacial score (nSPS) is 41.4. The van der Waals surface area contributed by atoms with Gasteiger partial charge in [-0.3, -0.25) is 9.69 Å². The Labute approximate surface area is 146 Å². The van der Waals surface area contributed by atoms with Crippen molar-refractivity contribution in [3.63, 3.8) is 0 Å². The summed E-state index contributed by atoms with van der Waals surface area (Å²) in [5.41, 5.74) is 0.454. The number of carbonyl (C=O) groups is 1. The molecule has 0 radical (unpaired) electrons. The van der Waals surface area contributed by atoms with Crippen molar-refractivity contribution in [1.29, 1.82) is 0 Å². The third kappa shape index (κ3) is 1.56. The Morgan fingerprint density at radius 1 is 1.28 bits per heavy atom. The Hall–Kier alpha value is -1.59. The number of phenols is 1. The maximum atomic E-state index is 12.7. The average Bonchev–Trinajstić information content (AvgIpc) is 3.32. The van der Waals surface area contributed by atoms with Crippen LogP contribution in [0.3, 0.4) is 0 Å². The van der Waals surface area contributed by atoms with Gasteiger partial charge in [0.2, 0.25) is 0 Å². The first kappa shape index (κ1) is 14.6.